The first-order valence-corrected chi connectivity index (χ1v) is 7.88. The standard InChI is InChI=1S/C20H11N5O2/c1-2-13-7-12(9-21)10-22-19(13)20(26)23-15-3-4-17-16(8-15)18(25-24-17)14-5-6-27-11-14/h1,3-8,10-11H,(H,23,26)(H,24,25). The van der Waals surface area contributed by atoms with Crippen LogP contribution in [-0.4, -0.2) is 21.1 Å². The highest BCUT2D eigenvalue weighted by Gasteiger charge is 2.15. The van der Waals surface area contributed by atoms with E-state index in [2.05, 4.69) is 26.4 Å². The van der Waals surface area contributed by atoms with Crippen LogP contribution in [0.15, 0.2) is 53.5 Å². The molecule has 0 fully saturated rings. The van der Waals surface area contributed by atoms with Crippen LogP contribution >= 0.6 is 0 Å². The lowest BCUT2D eigenvalue weighted by atomic mass is 10.1. The molecular formula is C20H11N5O2. The number of aromatic amines is 1. The highest BCUT2D eigenvalue weighted by Crippen LogP contribution is 2.28. The number of nitriles is 1. The van der Waals surface area contributed by atoms with Crippen molar-refractivity contribution in [1.82, 2.24) is 15.2 Å². The summed E-state index contributed by atoms with van der Waals surface area (Å²) in [4.78, 5) is 16.6. The number of fused-ring (bicyclic) bond motifs is 1. The number of aromatic nitrogens is 3. The average molecular weight is 353 g/mol. The third-order valence-electron chi connectivity index (χ3n) is 4.00. The maximum atomic E-state index is 12.6. The van der Waals surface area contributed by atoms with Crippen LogP contribution < -0.4 is 5.32 Å². The van der Waals surface area contributed by atoms with Crippen molar-refractivity contribution in [2.24, 2.45) is 0 Å². The van der Waals surface area contributed by atoms with Crippen LogP contribution in [0.25, 0.3) is 22.2 Å². The van der Waals surface area contributed by atoms with E-state index in [1.165, 1.54) is 12.3 Å². The molecule has 7 heteroatoms. The monoisotopic (exact) mass is 353 g/mol. The molecule has 0 saturated carbocycles. The number of benzene rings is 1. The number of anilines is 1. The number of hydrogen-bond acceptors (Lipinski definition) is 5. The summed E-state index contributed by atoms with van der Waals surface area (Å²) < 4.78 is 5.11. The zero-order chi connectivity index (χ0) is 18.8. The molecule has 0 atom stereocenters. The maximum Gasteiger partial charge on any atom is 0.275 e. The van der Waals surface area contributed by atoms with Crippen molar-refractivity contribution in [3.8, 4) is 29.7 Å². The topological polar surface area (TPSA) is 108 Å². The Hall–Kier alpha value is -4.36. The zero-order valence-corrected chi connectivity index (χ0v) is 13.9. The van der Waals surface area contributed by atoms with Gasteiger partial charge < -0.3 is 9.73 Å². The van der Waals surface area contributed by atoms with Gasteiger partial charge in [0.2, 0.25) is 0 Å². The Balaban J connectivity index is 1.68. The first kappa shape index (κ1) is 16.1. The molecule has 3 aromatic heterocycles. The summed E-state index contributed by atoms with van der Waals surface area (Å²) in [7, 11) is 0. The molecule has 2 N–H and O–H groups in total. The number of amides is 1. The molecule has 1 aromatic carbocycles. The third-order valence-corrected chi connectivity index (χ3v) is 4.00. The van der Waals surface area contributed by atoms with E-state index in [4.69, 9.17) is 16.1 Å². The average Bonchev–Trinajstić information content (AvgIpc) is 3.36. The molecule has 0 saturated heterocycles. The molecule has 0 unspecified atom stereocenters. The number of hydrogen-bond donors (Lipinski definition) is 2. The number of pyridine rings is 1. The minimum atomic E-state index is -0.458. The number of furan rings is 1. The molecular weight excluding hydrogens is 342 g/mol. The largest absolute Gasteiger partial charge is 0.472 e. The number of carbonyl (C=O) groups excluding carboxylic acids is 1. The van der Waals surface area contributed by atoms with Crippen LogP contribution in [0.5, 0.6) is 0 Å². The van der Waals surface area contributed by atoms with E-state index in [9.17, 15) is 4.79 Å². The van der Waals surface area contributed by atoms with E-state index in [1.807, 2.05) is 12.1 Å². The smallest absolute Gasteiger partial charge is 0.275 e. The van der Waals surface area contributed by atoms with Gasteiger partial charge in [-0.3, -0.25) is 9.89 Å². The van der Waals surface area contributed by atoms with Crippen LogP contribution in [-0.2, 0) is 0 Å². The molecule has 0 aliphatic carbocycles. The number of terminal acetylenes is 1. The van der Waals surface area contributed by atoms with E-state index in [1.54, 1.807) is 30.7 Å². The van der Waals surface area contributed by atoms with E-state index in [-0.39, 0.29) is 11.3 Å². The van der Waals surface area contributed by atoms with Gasteiger partial charge in [-0.15, -0.1) is 6.42 Å². The van der Waals surface area contributed by atoms with Crippen molar-refractivity contribution >= 4 is 22.5 Å². The van der Waals surface area contributed by atoms with Gasteiger partial charge in [-0.05, 0) is 30.3 Å². The summed E-state index contributed by atoms with van der Waals surface area (Å²) in [6.45, 7) is 0. The van der Waals surface area contributed by atoms with Crippen LogP contribution in [0.4, 0.5) is 5.69 Å². The highest BCUT2D eigenvalue weighted by atomic mass is 16.3. The second-order valence-electron chi connectivity index (χ2n) is 5.68. The molecule has 0 radical (unpaired) electrons. The summed E-state index contributed by atoms with van der Waals surface area (Å²) in [5, 5.41) is 19.8. The quantitative estimate of drug-likeness (QED) is 0.549. The van der Waals surface area contributed by atoms with Gasteiger partial charge in [-0.1, -0.05) is 5.92 Å². The zero-order valence-electron chi connectivity index (χ0n) is 13.9. The van der Waals surface area contributed by atoms with Gasteiger partial charge in [0.05, 0.1) is 29.2 Å². The Morgan fingerprint density at radius 3 is 2.93 bits per heavy atom. The fourth-order valence-electron chi connectivity index (χ4n) is 2.72. The summed E-state index contributed by atoms with van der Waals surface area (Å²) in [5.74, 6) is 1.93. The molecule has 128 valence electrons. The lowest BCUT2D eigenvalue weighted by molar-refractivity contribution is 0.102. The fourth-order valence-corrected chi connectivity index (χ4v) is 2.72. The third kappa shape index (κ3) is 2.90. The molecule has 0 aliphatic rings. The lowest BCUT2D eigenvalue weighted by Gasteiger charge is -2.07. The number of nitrogens with one attached hydrogen (secondary N) is 2. The summed E-state index contributed by atoms with van der Waals surface area (Å²) >= 11 is 0. The van der Waals surface area contributed by atoms with Crippen molar-refractivity contribution in [1.29, 1.82) is 5.26 Å². The van der Waals surface area contributed by atoms with Crippen molar-refractivity contribution in [3.05, 3.63) is 65.9 Å². The molecule has 7 nitrogen and oxygen atoms in total. The van der Waals surface area contributed by atoms with Gasteiger partial charge in [0, 0.05) is 22.8 Å². The fraction of sp³-hybridized carbons (Fsp3) is 0. The second kappa shape index (κ2) is 6.51. The lowest BCUT2D eigenvalue weighted by Crippen LogP contribution is -2.15. The van der Waals surface area contributed by atoms with Crippen molar-refractivity contribution < 1.29 is 9.21 Å². The van der Waals surface area contributed by atoms with Crippen molar-refractivity contribution in [3.63, 3.8) is 0 Å². The Morgan fingerprint density at radius 1 is 1.30 bits per heavy atom. The summed E-state index contributed by atoms with van der Waals surface area (Å²) in [5.41, 5.74) is 3.57. The molecule has 0 bridgehead atoms. The van der Waals surface area contributed by atoms with Gasteiger partial charge >= 0.3 is 0 Å². The Kier molecular flexibility index (Phi) is 3.89. The van der Waals surface area contributed by atoms with E-state index in [0.29, 0.717) is 11.3 Å². The van der Waals surface area contributed by atoms with Crippen LogP contribution in [0.3, 0.4) is 0 Å². The summed E-state index contributed by atoms with van der Waals surface area (Å²) in [6, 6.07) is 10.6. The van der Waals surface area contributed by atoms with E-state index in [0.717, 1.165) is 22.2 Å². The Morgan fingerprint density at radius 2 is 2.19 bits per heavy atom. The molecule has 0 spiro atoms. The van der Waals surface area contributed by atoms with Gasteiger partial charge in [0.25, 0.3) is 5.91 Å². The predicted molar refractivity (Wildman–Crippen MR) is 98.6 cm³/mol. The molecule has 4 aromatic rings. The number of H-pyrrole nitrogens is 1. The SMILES string of the molecule is C#Cc1cc(C#N)cnc1C(=O)Nc1ccc2[nH]nc(-c3ccoc3)c2c1. The van der Waals surface area contributed by atoms with Crippen LogP contribution in [0.1, 0.15) is 21.6 Å². The van der Waals surface area contributed by atoms with Crippen LogP contribution in [0, 0.1) is 23.7 Å². The van der Waals surface area contributed by atoms with Gasteiger partial charge in [-0.25, -0.2) is 4.98 Å². The number of carbonyl (C=O) groups is 1. The normalized spacial score (nSPS) is 10.3. The minimum Gasteiger partial charge on any atom is -0.472 e. The summed E-state index contributed by atoms with van der Waals surface area (Å²) in [6.07, 6.45) is 9.92. The molecule has 4 rings (SSSR count). The van der Waals surface area contributed by atoms with E-state index < -0.39 is 5.91 Å². The molecule has 0 aliphatic heterocycles. The Bertz CT molecular complexity index is 1240. The Labute approximate surface area is 153 Å². The first-order chi connectivity index (χ1) is 13.2. The second-order valence-corrected chi connectivity index (χ2v) is 5.68. The maximum absolute atomic E-state index is 12.6. The van der Waals surface area contributed by atoms with Gasteiger partial charge in [0.15, 0.2) is 0 Å². The van der Waals surface area contributed by atoms with Crippen molar-refractivity contribution in [2.45, 2.75) is 0 Å². The minimum absolute atomic E-state index is 0.0823. The number of rotatable bonds is 3. The number of nitrogens with zero attached hydrogens (tertiary/aromatic N) is 3. The van der Waals surface area contributed by atoms with E-state index >= 15 is 0 Å². The van der Waals surface area contributed by atoms with Crippen LogP contribution in [0.2, 0.25) is 0 Å². The van der Waals surface area contributed by atoms with Crippen molar-refractivity contribution in [2.75, 3.05) is 5.32 Å². The predicted octanol–water partition coefficient (Wildman–Crippen LogP) is 3.32. The molecule has 1 amide bonds. The van der Waals surface area contributed by atoms with Gasteiger partial charge in [-0.2, -0.15) is 10.4 Å². The highest BCUT2D eigenvalue weighted by molar-refractivity contribution is 6.06. The molecule has 3 heterocycles. The first-order valence-electron chi connectivity index (χ1n) is 7.88. The molecule has 27 heavy (non-hydrogen) atoms. The van der Waals surface area contributed by atoms with Gasteiger partial charge in [0.1, 0.15) is 17.5 Å².